The summed E-state index contributed by atoms with van der Waals surface area (Å²) in [6.45, 7) is 1.62. The number of hydrogen-bond donors (Lipinski definition) is 2. The first kappa shape index (κ1) is 13.7. The van der Waals surface area contributed by atoms with Crippen molar-refractivity contribution in [3.8, 4) is 0 Å². The van der Waals surface area contributed by atoms with Crippen molar-refractivity contribution in [1.82, 2.24) is 9.96 Å². The molecule has 98 valence electrons. The number of nitrogens with zero attached hydrogens (tertiary/aromatic N) is 2. The monoisotopic (exact) mass is 267 g/mol. The molecule has 1 aliphatic heterocycles. The summed E-state index contributed by atoms with van der Waals surface area (Å²) in [6.07, 6.45) is 0.129. The van der Waals surface area contributed by atoms with Gasteiger partial charge in [-0.15, -0.1) is 4.28 Å². The predicted octanol–water partition coefficient (Wildman–Crippen LogP) is -1.28. The summed E-state index contributed by atoms with van der Waals surface area (Å²) in [5.74, 6) is -0.674. The number of amides is 3. The van der Waals surface area contributed by atoms with E-state index in [9.17, 15) is 18.0 Å². The fourth-order valence-electron chi connectivity index (χ4n) is 1.60. The normalized spacial score (nSPS) is 21.8. The Hall–Kier alpha value is -1.39. The lowest BCUT2D eigenvalue weighted by atomic mass is 10.1. The molecule has 0 bridgehead atoms. The fourth-order valence-corrected chi connectivity index (χ4v) is 1.97. The average molecular weight is 267 g/mol. The molecule has 3 amide bonds. The minimum absolute atomic E-state index is 0.129. The number of carbonyl (C=O) groups is 2. The summed E-state index contributed by atoms with van der Waals surface area (Å²) in [5, 5.41) is 0.471. The van der Waals surface area contributed by atoms with Crippen molar-refractivity contribution in [1.29, 1.82) is 0 Å². The number of urea groups is 1. The Morgan fingerprint density at radius 3 is 2.65 bits per heavy atom. The van der Waals surface area contributed by atoms with E-state index in [0.29, 0.717) is 5.06 Å². The number of primary amides is 1. The first-order valence-electron chi connectivity index (χ1n) is 4.80. The van der Waals surface area contributed by atoms with Crippen LogP contribution in [0.5, 0.6) is 0 Å². The maximum absolute atomic E-state index is 11.7. The second-order valence-corrected chi connectivity index (χ2v) is 4.38. The first-order valence-corrected chi connectivity index (χ1v) is 6.17. The molecule has 1 atom stereocenters. The van der Waals surface area contributed by atoms with Crippen LogP contribution < -0.4 is 5.73 Å². The van der Waals surface area contributed by atoms with Gasteiger partial charge in [-0.25, -0.2) is 4.79 Å². The van der Waals surface area contributed by atoms with Crippen LogP contribution in [-0.2, 0) is 19.5 Å². The molecule has 1 heterocycles. The fraction of sp³-hybridized carbons (Fsp3) is 0.714. The third-order valence-corrected chi connectivity index (χ3v) is 2.66. The van der Waals surface area contributed by atoms with E-state index in [1.807, 2.05) is 0 Å². The number of nitrogens with two attached hydrogens (primary N) is 1. The van der Waals surface area contributed by atoms with E-state index in [4.69, 9.17) is 10.3 Å². The molecule has 0 aliphatic carbocycles. The minimum atomic E-state index is -4.76. The maximum Gasteiger partial charge on any atom is 0.418 e. The van der Waals surface area contributed by atoms with E-state index in [0.717, 1.165) is 4.90 Å². The van der Waals surface area contributed by atoms with Crippen LogP contribution in [0.25, 0.3) is 0 Å². The van der Waals surface area contributed by atoms with Gasteiger partial charge < -0.3 is 10.6 Å². The van der Waals surface area contributed by atoms with Crippen LogP contribution in [0.3, 0.4) is 0 Å². The molecule has 17 heavy (non-hydrogen) atoms. The van der Waals surface area contributed by atoms with Crippen LogP contribution in [-0.4, -0.2) is 54.0 Å². The van der Waals surface area contributed by atoms with Crippen LogP contribution in [0.2, 0.25) is 0 Å². The maximum atomic E-state index is 11.7. The van der Waals surface area contributed by atoms with Gasteiger partial charge in [0.15, 0.2) is 0 Å². The molecule has 1 aliphatic rings. The van der Waals surface area contributed by atoms with Gasteiger partial charge in [0.1, 0.15) is 6.04 Å². The van der Waals surface area contributed by atoms with Gasteiger partial charge in [0, 0.05) is 6.54 Å². The summed E-state index contributed by atoms with van der Waals surface area (Å²) < 4.78 is 33.5. The Kier molecular flexibility index (Phi) is 3.91. The lowest BCUT2D eigenvalue weighted by molar-refractivity contribution is -0.126. The lowest BCUT2D eigenvalue weighted by Crippen LogP contribution is -2.58. The average Bonchev–Trinajstić information content (AvgIpc) is 2.18. The SMILES string of the molecule is CCN1C(=O)N(OS(=O)(=O)O)CCC1C(N)=O. The summed E-state index contributed by atoms with van der Waals surface area (Å²) in [5.41, 5.74) is 5.11. The van der Waals surface area contributed by atoms with Gasteiger partial charge in [0.05, 0.1) is 6.54 Å². The van der Waals surface area contributed by atoms with Crippen molar-refractivity contribution in [3.63, 3.8) is 0 Å². The highest BCUT2D eigenvalue weighted by molar-refractivity contribution is 7.80. The highest BCUT2D eigenvalue weighted by Gasteiger charge is 2.37. The van der Waals surface area contributed by atoms with Gasteiger partial charge in [0.25, 0.3) is 0 Å². The zero-order valence-electron chi connectivity index (χ0n) is 9.07. The number of hydroxylamine groups is 2. The Balaban J connectivity index is 2.84. The van der Waals surface area contributed by atoms with Crippen molar-refractivity contribution in [2.24, 2.45) is 5.73 Å². The van der Waals surface area contributed by atoms with Gasteiger partial charge in [-0.1, -0.05) is 0 Å². The molecule has 0 aromatic carbocycles. The summed E-state index contributed by atoms with van der Waals surface area (Å²) in [4.78, 5) is 23.8. The van der Waals surface area contributed by atoms with Crippen LogP contribution in [0, 0.1) is 0 Å². The second-order valence-electron chi connectivity index (χ2n) is 3.38. The minimum Gasteiger partial charge on any atom is -0.368 e. The van der Waals surface area contributed by atoms with E-state index in [1.165, 1.54) is 0 Å². The van der Waals surface area contributed by atoms with E-state index >= 15 is 0 Å². The molecule has 1 rings (SSSR count). The quantitative estimate of drug-likeness (QED) is 0.610. The summed E-state index contributed by atoms with van der Waals surface area (Å²) in [6, 6.07) is -1.63. The van der Waals surface area contributed by atoms with Crippen LogP contribution in [0.15, 0.2) is 0 Å². The standard InChI is InChI=1S/C7H13N3O6S/c1-2-9-5(6(8)11)3-4-10(7(9)12)16-17(13,14)15/h5H,2-4H2,1H3,(H2,8,11)(H,13,14,15). The van der Waals surface area contributed by atoms with Crippen molar-refractivity contribution in [2.45, 2.75) is 19.4 Å². The van der Waals surface area contributed by atoms with E-state index in [1.54, 1.807) is 6.92 Å². The molecule has 0 saturated carbocycles. The Morgan fingerprint density at radius 1 is 1.65 bits per heavy atom. The molecule has 3 N–H and O–H groups in total. The summed E-state index contributed by atoms with van der Waals surface area (Å²) in [7, 11) is -4.76. The Morgan fingerprint density at radius 2 is 2.24 bits per heavy atom. The highest BCUT2D eigenvalue weighted by Crippen LogP contribution is 2.17. The van der Waals surface area contributed by atoms with Crippen molar-refractivity contribution in [3.05, 3.63) is 0 Å². The molecule has 10 heteroatoms. The Labute approximate surface area is 98.0 Å². The number of hydrogen-bond acceptors (Lipinski definition) is 5. The molecular formula is C7H13N3O6S. The van der Waals surface area contributed by atoms with Crippen molar-refractivity contribution < 1.29 is 26.8 Å². The predicted molar refractivity (Wildman–Crippen MR) is 54.7 cm³/mol. The number of likely N-dealkylation sites (N-methyl/N-ethyl adjacent to an activating group) is 1. The molecule has 0 aromatic rings. The van der Waals surface area contributed by atoms with Gasteiger partial charge in [-0.05, 0) is 13.3 Å². The van der Waals surface area contributed by atoms with Crippen molar-refractivity contribution in [2.75, 3.05) is 13.1 Å². The van der Waals surface area contributed by atoms with Crippen LogP contribution in [0.1, 0.15) is 13.3 Å². The molecule has 0 aromatic heterocycles. The van der Waals surface area contributed by atoms with E-state index < -0.39 is 28.4 Å². The molecule has 0 radical (unpaired) electrons. The zero-order valence-corrected chi connectivity index (χ0v) is 9.88. The first-order chi connectivity index (χ1) is 7.76. The molecule has 0 spiro atoms. The number of carbonyl (C=O) groups excluding carboxylic acids is 2. The van der Waals surface area contributed by atoms with E-state index in [2.05, 4.69) is 4.28 Å². The van der Waals surface area contributed by atoms with Gasteiger partial charge in [0.2, 0.25) is 5.91 Å². The molecule has 9 nitrogen and oxygen atoms in total. The molecule has 1 saturated heterocycles. The third-order valence-electron chi connectivity index (χ3n) is 2.29. The molecule has 1 unspecified atom stereocenters. The topological polar surface area (TPSA) is 130 Å². The largest absolute Gasteiger partial charge is 0.418 e. The van der Waals surface area contributed by atoms with Gasteiger partial charge in [-0.3, -0.25) is 9.35 Å². The third kappa shape index (κ3) is 3.28. The van der Waals surface area contributed by atoms with Crippen LogP contribution in [0.4, 0.5) is 4.79 Å². The van der Waals surface area contributed by atoms with Crippen molar-refractivity contribution >= 4 is 22.3 Å². The summed E-state index contributed by atoms with van der Waals surface area (Å²) >= 11 is 0. The highest BCUT2D eigenvalue weighted by atomic mass is 32.3. The number of rotatable bonds is 4. The zero-order chi connectivity index (χ0) is 13.2. The molecule has 1 fully saturated rings. The smallest absolute Gasteiger partial charge is 0.368 e. The Bertz CT molecular complexity index is 421. The second kappa shape index (κ2) is 4.85. The van der Waals surface area contributed by atoms with Gasteiger partial charge in [-0.2, -0.15) is 13.5 Å². The lowest BCUT2D eigenvalue weighted by Gasteiger charge is -2.37. The van der Waals surface area contributed by atoms with E-state index in [-0.39, 0.29) is 19.5 Å². The molecular weight excluding hydrogens is 254 g/mol. The van der Waals surface area contributed by atoms with Crippen LogP contribution >= 0.6 is 0 Å². The van der Waals surface area contributed by atoms with Gasteiger partial charge >= 0.3 is 16.4 Å².